The number of rotatable bonds is 5. The number of aromatic nitrogens is 2. The van der Waals surface area contributed by atoms with Crippen LogP contribution < -0.4 is 5.32 Å². The Morgan fingerprint density at radius 2 is 2.36 bits per heavy atom. The Hall–Kier alpha value is -0.870. The lowest BCUT2D eigenvalue weighted by Crippen LogP contribution is -2.30. The molecule has 1 rings (SSSR count). The molecule has 2 N–H and O–H groups in total. The maximum atomic E-state index is 9.17. The number of nitrogens with one attached hydrogen (secondary N) is 1. The number of hydrogen-bond acceptors (Lipinski definition) is 3. The second-order valence-electron chi connectivity index (χ2n) is 3.61. The van der Waals surface area contributed by atoms with Gasteiger partial charge in [0.15, 0.2) is 0 Å². The summed E-state index contributed by atoms with van der Waals surface area (Å²) in [6.45, 7) is 4.48. The van der Waals surface area contributed by atoms with Gasteiger partial charge in [-0.2, -0.15) is 0 Å². The monoisotopic (exact) mass is 197 g/mol. The van der Waals surface area contributed by atoms with Gasteiger partial charge in [0.1, 0.15) is 5.82 Å². The molecule has 14 heavy (non-hydrogen) atoms. The fourth-order valence-corrected chi connectivity index (χ4v) is 1.44. The highest BCUT2D eigenvalue weighted by Gasteiger charge is 2.13. The molecule has 80 valence electrons. The van der Waals surface area contributed by atoms with Gasteiger partial charge in [-0.25, -0.2) is 4.98 Å². The van der Waals surface area contributed by atoms with Crippen LogP contribution in [0.3, 0.4) is 0 Å². The average molecular weight is 197 g/mol. The van der Waals surface area contributed by atoms with E-state index < -0.39 is 0 Å². The van der Waals surface area contributed by atoms with Crippen molar-refractivity contribution in [3.8, 4) is 0 Å². The number of hydrogen-bond donors (Lipinski definition) is 2. The maximum absolute atomic E-state index is 9.17. The topological polar surface area (TPSA) is 50.1 Å². The number of aliphatic hydroxyl groups is 1. The van der Waals surface area contributed by atoms with E-state index in [-0.39, 0.29) is 12.1 Å². The van der Waals surface area contributed by atoms with Crippen molar-refractivity contribution in [1.29, 1.82) is 0 Å². The highest BCUT2D eigenvalue weighted by atomic mass is 16.3. The first-order valence-corrected chi connectivity index (χ1v) is 5.03. The van der Waals surface area contributed by atoms with Crippen molar-refractivity contribution in [2.24, 2.45) is 7.05 Å². The largest absolute Gasteiger partial charge is 0.392 e. The van der Waals surface area contributed by atoms with Crippen LogP contribution in [0.4, 0.5) is 0 Å². The van der Waals surface area contributed by atoms with Crippen molar-refractivity contribution in [3.63, 3.8) is 0 Å². The van der Waals surface area contributed by atoms with Crippen molar-refractivity contribution in [2.45, 2.75) is 32.4 Å². The van der Waals surface area contributed by atoms with E-state index in [0.717, 1.165) is 12.2 Å². The minimum atomic E-state index is -0.315. The lowest BCUT2D eigenvalue weighted by atomic mass is 10.2. The molecule has 0 saturated heterocycles. The van der Waals surface area contributed by atoms with Crippen LogP contribution in [-0.4, -0.2) is 27.3 Å². The third-order valence-electron chi connectivity index (χ3n) is 2.24. The van der Waals surface area contributed by atoms with Gasteiger partial charge in [0.2, 0.25) is 0 Å². The summed E-state index contributed by atoms with van der Waals surface area (Å²) in [5.74, 6) is 1.02. The van der Waals surface area contributed by atoms with Crippen LogP contribution in [0.25, 0.3) is 0 Å². The first-order valence-electron chi connectivity index (χ1n) is 5.03. The molecule has 0 bridgehead atoms. The molecule has 4 heteroatoms. The summed E-state index contributed by atoms with van der Waals surface area (Å²) >= 11 is 0. The van der Waals surface area contributed by atoms with Crippen molar-refractivity contribution in [1.82, 2.24) is 14.9 Å². The van der Waals surface area contributed by atoms with Gasteiger partial charge in [-0.3, -0.25) is 0 Å². The van der Waals surface area contributed by atoms with E-state index in [1.165, 1.54) is 0 Å². The molecule has 1 heterocycles. The molecule has 0 aliphatic rings. The van der Waals surface area contributed by atoms with Crippen molar-refractivity contribution < 1.29 is 5.11 Å². The van der Waals surface area contributed by atoms with Crippen molar-refractivity contribution >= 4 is 0 Å². The lowest BCUT2D eigenvalue weighted by Gasteiger charge is -2.17. The van der Waals surface area contributed by atoms with E-state index in [2.05, 4.69) is 17.2 Å². The highest BCUT2D eigenvalue weighted by Crippen LogP contribution is 2.13. The zero-order chi connectivity index (χ0) is 10.6. The zero-order valence-corrected chi connectivity index (χ0v) is 9.07. The Morgan fingerprint density at radius 3 is 2.79 bits per heavy atom. The predicted octanol–water partition coefficient (Wildman–Crippen LogP) is 0.842. The molecule has 1 unspecified atom stereocenters. The van der Waals surface area contributed by atoms with Crippen LogP contribution in [-0.2, 0) is 7.05 Å². The van der Waals surface area contributed by atoms with Crippen LogP contribution in [0, 0.1) is 0 Å². The molecular weight excluding hydrogens is 178 g/mol. The summed E-state index contributed by atoms with van der Waals surface area (Å²) in [4.78, 5) is 4.28. The van der Waals surface area contributed by atoms with Gasteiger partial charge in [0.25, 0.3) is 0 Å². The van der Waals surface area contributed by atoms with Crippen LogP contribution in [0.1, 0.15) is 32.1 Å². The number of imidazole rings is 1. The first kappa shape index (κ1) is 11.2. The van der Waals surface area contributed by atoms with Gasteiger partial charge < -0.3 is 15.0 Å². The maximum Gasteiger partial charge on any atom is 0.125 e. The average Bonchev–Trinajstić information content (AvgIpc) is 2.53. The molecule has 0 spiro atoms. The van der Waals surface area contributed by atoms with Crippen molar-refractivity contribution in [2.75, 3.05) is 6.54 Å². The molecule has 0 aromatic carbocycles. The van der Waals surface area contributed by atoms with Gasteiger partial charge in [-0.05, 0) is 13.3 Å². The summed E-state index contributed by atoms with van der Waals surface area (Å²) in [6.07, 6.45) is 4.38. The number of aryl methyl sites for hydroxylation is 1. The molecule has 0 aliphatic carbocycles. The molecule has 0 amide bonds. The normalized spacial score (nSPS) is 15.4. The quantitative estimate of drug-likeness (QED) is 0.735. The first-order chi connectivity index (χ1) is 6.65. The SMILES string of the molecule is CCC(NC[C@@H](C)O)c1nccn1C. The highest BCUT2D eigenvalue weighted by molar-refractivity contribution is 4.98. The molecule has 2 atom stereocenters. The molecule has 0 saturated carbocycles. The van der Waals surface area contributed by atoms with Crippen LogP contribution in [0.2, 0.25) is 0 Å². The van der Waals surface area contributed by atoms with Crippen LogP contribution in [0.5, 0.6) is 0 Å². The lowest BCUT2D eigenvalue weighted by molar-refractivity contribution is 0.184. The molecule has 0 aliphatic heterocycles. The molecule has 1 aromatic rings. The van der Waals surface area contributed by atoms with Gasteiger partial charge >= 0.3 is 0 Å². The van der Waals surface area contributed by atoms with E-state index in [1.807, 2.05) is 17.8 Å². The fourth-order valence-electron chi connectivity index (χ4n) is 1.44. The van der Waals surface area contributed by atoms with Crippen LogP contribution in [0.15, 0.2) is 12.4 Å². The fraction of sp³-hybridized carbons (Fsp3) is 0.700. The van der Waals surface area contributed by atoms with Gasteiger partial charge in [0, 0.05) is 26.0 Å². The third-order valence-corrected chi connectivity index (χ3v) is 2.24. The molecule has 0 fully saturated rings. The van der Waals surface area contributed by atoms with E-state index in [4.69, 9.17) is 0 Å². The van der Waals surface area contributed by atoms with E-state index in [0.29, 0.717) is 6.54 Å². The van der Waals surface area contributed by atoms with E-state index in [1.54, 1.807) is 13.1 Å². The minimum Gasteiger partial charge on any atom is -0.392 e. The molecule has 4 nitrogen and oxygen atoms in total. The zero-order valence-electron chi connectivity index (χ0n) is 9.07. The summed E-state index contributed by atoms with van der Waals surface area (Å²) in [5, 5.41) is 12.5. The van der Waals surface area contributed by atoms with Gasteiger partial charge in [-0.1, -0.05) is 6.92 Å². The third kappa shape index (κ3) is 2.82. The summed E-state index contributed by atoms with van der Waals surface area (Å²) in [7, 11) is 1.98. The Morgan fingerprint density at radius 1 is 1.64 bits per heavy atom. The van der Waals surface area contributed by atoms with Gasteiger partial charge in [-0.15, -0.1) is 0 Å². The van der Waals surface area contributed by atoms with Crippen molar-refractivity contribution in [3.05, 3.63) is 18.2 Å². The Bertz CT molecular complexity index is 270. The predicted molar refractivity (Wildman–Crippen MR) is 55.9 cm³/mol. The summed E-state index contributed by atoms with van der Waals surface area (Å²) in [6, 6.07) is 0.226. The molecular formula is C10H19N3O. The van der Waals surface area contributed by atoms with Crippen LogP contribution >= 0.6 is 0 Å². The number of aliphatic hydroxyl groups excluding tert-OH is 1. The minimum absolute atomic E-state index is 0.226. The second-order valence-corrected chi connectivity index (χ2v) is 3.61. The van der Waals surface area contributed by atoms with E-state index >= 15 is 0 Å². The summed E-state index contributed by atoms with van der Waals surface area (Å²) in [5.41, 5.74) is 0. The Balaban J connectivity index is 2.58. The summed E-state index contributed by atoms with van der Waals surface area (Å²) < 4.78 is 2.00. The second kappa shape index (κ2) is 5.12. The van der Waals surface area contributed by atoms with Gasteiger partial charge in [0.05, 0.1) is 12.1 Å². The Kier molecular flexibility index (Phi) is 4.10. The number of nitrogens with zero attached hydrogens (tertiary/aromatic N) is 2. The standard InChI is InChI=1S/C10H19N3O/c1-4-9(12-7-8(2)14)10-11-5-6-13(10)3/h5-6,8-9,12,14H,4,7H2,1-3H3/t8-,9?/m1/s1. The smallest absolute Gasteiger partial charge is 0.125 e. The molecule has 1 aromatic heterocycles. The Labute approximate surface area is 85.0 Å². The molecule has 0 radical (unpaired) electrons. The van der Waals surface area contributed by atoms with E-state index in [9.17, 15) is 5.11 Å².